The Bertz CT molecular complexity index is 138. The first-order chi connectivity index (χ1) is 4.57. The highest BCUT2D eigenvalue weighted by molar-refractivity contribution is 5.94. The van der Waals surface area contributed by atoms with Crippen molar-refractivity contribution < 1.29 is 9.90 Å². The van der Waals surface area contributed by atoms with Crippen LogP contribution in [0.4, 0.5) is 0 Å². The Hall–Kier alpha value is -0.630. The van der Waals surface area contributed by atoms with Crippen LogP contribution in [0.3, 0.4) is 0 Å². The fourth-order valence-corrected chi connectivity index (χ4v) is 0.533. The van der Waals surface area contributed by atoms with Crippen LogP contribution < -0.4 is 0 Å². The van der Waals surface area contributed by atoms with Crippen LogP contribution in [0.25, 0.3) is 0 Å². The van der Waals surface area contributed by atoms with Crippen LogP contribution in [0.15, 0.2) is 12.2 Å². The van der Waals surface area contributed by atoms with Crippen LogP contribution in [-0.2, 0) is 4.79 Å². The zero-order chi connectivity index (χ0) is 8.15. The highest BCUT2D eigenvalue weighted by Crippen LogP contribution is 2.02. The summed E-state index contributed by atoms with van der Waals surface area (Å²) in [4.78, 5) is 10.9. The number of hydrogen-bond acceptors (Lipinski definition) is 2. The quantitative estimate of drug-likeness (QED) is 0.600. The van der Waals surface area contributed by atoms with E-state index in [-0.39, 0.29) is 12.2 Å². The van der Waals surface area contributed by atoms with Gasteiger partial charge in [-0.25, -0.2) is 0 Å². The SMILES string of the molecule is C=C(C)C(=O)CC(O)CC. The average Bonchev–Trinajstić information content (AvgIpc) is 1.87. The number of aliphatic hydroxyl groups is 1. The van der Waals surface area contributed by atoms with E-state index in [9.17, 15) is 4.79 Å². The molecule has 0 heterocycles. The van der Waals surface area contributed by atoms with Crippen molar-refractivity contribution in [1.82, 2.24) is 0 Å². The van der Waals surface area contributed by atoms with Gasteiger partial charge in [-0.15, -0.1) is 0 Å². The zero-order valence-corrected chi connectivity index (χ0v) is 6.55. The van der Waals surface area contributed by atoms with Crippen LogP contribution in [0.5, 0.6) is 0 Å². The largest absolute Gasteiger partial charge is 0.393 e. The third kappa shape index (κ3) is 3.41. The van der Waals surface area contributed by atoms with Crippen LogP contribution >= 0.6 is 0 Å². The van der Waals surface area contributed by atoms with Gasteiger partial charge >= 0.3 is 0 Å². The standard InChI is InChI=1S/C8H14O2/c1-4-7(9)5-8(10)6(2)3/h7,9H,2,4-5H2,1,3H3. The second-order valence-corrected chi connectivity index (χ2v) is 2.47. The van der Waals surface area contributed by atoms with E-state index < -0.39 is 6.10 Å². The molecule has 0 aromatic carbocycles. The van der Waals surface area contributed by atoms with Crippen molar-refractivity contribution in [2.24, 2.45) is 0 Å². The van der Waals surface area contributed by atoms with Crippen molar-refractivity contribution in [3.63, 3.8) is 0 Å². The third-order valence-electron chi connectivity index (χ3n) is 1.37. The number of carbonyl (C=O) groups excluding carboxylic acids is 1. The predicted molar refractivity (Wildman–Crippen MR) is 40.7 cm³/mol. The fraction of sp³-hybridized carbons (Fsp3) is 0.625. The molecule has 0 rings (SSSR count). The molecular formula is C8H14O2. The summed E-state index contributed by atoms with van der Waals surface area (Å²) in [6.45, 7) is 6.98. The zero-order valence-electron chi connectivity index (χ0n) is 6.55. The van der Waals surface area contributed by atoms with E-state index in [4.69, 9.17) is 5.11 Å². The first kappa shape index (κ1) is 9.37. The Morgan fingerprint density at radius 2 is 2.20 bits per heavy atom. The molecule has 1 atom stereocenters. The van der Waals surface area contributed by atoms with Crippen LogP contribution in [0, 0.1) is 0 Å². The lowest BCUT2D eigenvalue weighted by Crippen LogP contribution is -2.12. The van der Waals surface area contributed by atoms with Gasteiger partial charge in [-0.1, -0.05) is 13.5 Å². The van der Waals surface area contributed by atoms with Gasteiger partial charge in [-0.05, 0) is 18.9 Å². The molecule has 0 aromatic heterocycles. The molecule has 0 fully saturated rings. The van der Waals surface area contributed by atoms with Gasteiger partial charge in [-0.3, -0.25) is 4.79 Å². The number of hydrogen-bond donors (Lipinski definition) is 1. The molecule has 58 valence electrons. The Morgan fingerprint density at radius 1 is 1.70 bits per heavy atom. The lowest BCUT2D eigenvalue weighted by atomic mass is 10.1. The molecule has 0 saturated heterocycles. The van der Waals surface area contributed by atoms with E-state index in [0.717, 1.165) is 0 Å². The van der Waals surface area contributed by atoms with E-state index >= 15 is 0 Å². The minimum Gasteiger partial charge on any atom is -0.393 e. The lowest BCUT2D eigenvalue weighted by Gasteiger charge is -2.04. The fourth-order valence-electron chi connectivity index (χ4n) is 0.533. The van der Waals surface area contributed by atoms with Crippen LogP contribution in [0.1, 0.15) is 26.7 Å². The van der Waals surface area contributed by atoms with Crippen LogP contribution in [0.2, 0.25) is 0 Å². The second-order valence-electron chi connectivity index (χ2n) is 2.47. The maximum atomic E-state index is 10.9. The number of rotatable bonds is 4. The smallest absolute Gasteiger partial charge is 0.160 e. The molecule has 10 heavy (non-hydrogen) atoms. The molecule has 0 radical (unpaired) electrons. The third-order valence-corrected chi connectivity index (χ3v) is 1.37. The number of Topliss-reactive ketones (excluding diaryl/α,β-unsaturated/α-hetero) is 1. The number of ketones is 1. The summed E-state index contributed by atoms with van der Waals surface area (Å²) < 4.78 is 0. The maximum absolute atomic E-state index is 10.9. The van der Waals surface area contributed by atoms with Crippen molar-refractivity contribution in [3.8, 4) is 0 Å². The van der Waals surface area contributed by atoms with Crippen molar-refractivity contribution >= 4 is 5.78 Å². The summed E-state index contributed by atoms with van der Waals surface area (Å²) in [5.74, 6) is -0.0469. The van der Waals surface area contributed by atoms with Gasteiger partial charge in [0.05, 0.1) is 6.10 Å². The average molecular weight is 142 g/mol. The molecule has 0 spiro atoms. The van der Waals surface area contributed by atoms with Gasteiger partial charge in [0.25, 0.3) is 0 Å². The molecule has 0 aromatic rings. The van der Waals surface area contributed by atoms with Gasteiger partial charge in [0, 0.05) is 6.42 Å². The molecule has 0 aliphatic carbocycles. The molecular weight excluding hydrogens is 128 g/mol. The molecule has 0 bridgehead atoms. The van der Waals surface area contributed by atoms with E-state index in [1.807, 2.05) is 6.92 Å². The van der Waals surface area contributed by atoms with Gasteiger partial charge in [-0.2, -0.15) is 0 Å². The summed E-state index contributed by atoms with van der Waals surface area (Å²) in [7, 11) is 0. The van der Waals surface area contributed by atoms with Crippen LogP contribution in [-0.4, -0.2) is 17.0 Å². The monoisotopic (exact) mass is 142 g/mol. The van der Waals surface area contributed by atoms with E-state index in [0.29, 0.717) is 12.0 Å². The van der Waals surface area contributed by atoms with Crippen molar-refractivity contribution in [3.05, 3.63) is 12.2 Å². The molecule has 2 nitrogen and oxygen atoms in total. The lowest BCUT2D eigenvalue weighted by molar-refractivity contribution is -0.117. The maximum Gasteiger partial charge on any atom is 0.160 e. The number of carbonyl (C=O) groups is 1. The topological polar surface area (TPSA) is 37.3 Å². The van der Waals surface area contributed by atoms with Gasteiger partial charge < -0.3 is 5.11 Å². The highest BCUT2D eigenvalue weighted by Gasteiger charge is 2.08. The minimum absolute atomic E-state index is 0.0469. The van der Waals surface area contributed by atoms with Crippen molar-refractivity contribution in [1.29, 1.82) is 0 Å². The van der Waals surface area contributed by atoms with E-state index in [2.05, 4.69) is 6.58 Å². The van der Waals surface area contributed by atoms with E-state index in [1.165, 1.54) is 0 Å². The molecule has 0 amide bonds. The molecule has 0 aliphatic heterocycles. The second kappa shape index (κ2) is 4.23. The first-order valence-electron chi connectivity index (χ1n) is 3.44. The summed E-state index contributed by atoms with van der Waals surface area (Å²) in [6, 6.07) is 0. The summed E-state index contributed by atoms with van der Waals surface area (Å²) in [6.07, 6.45) is 0.342. The summed E-state index contributed by atoms with van der Waals surface area (Å²) >= 11 is 0. The Kier molecular flexibility index (Phi) is 3.96. The first-order valence-corrected chi connectivity index (χ1v) is 3.44. The van der Waals surface area contributed by atoms with Crippen molar-refractivity contribution in [2.75, 3.05) is 0 Å². The number of allylic oxidation sites excluding steroid dienone is 1. The van der Waals surface area contributed by atoms with E-state index in [1.54, 1.807) is 6.92 Å². The predicted octanol–water partition coefficient (Wildman–Crippen LogP) is 1.29. The molecule has 2 heteroatoms. The normalized spacial score (nSPS) is 12.7. The van der Waals surface area contributed by atoms with Crippen molar-refractivity contribution in [2.45, 2.75) is 32.8 Å². The highest BCUT2D eigenvalue weighted by atomic mass is 16.3. The van der Waals surface area contributed by atoms with Gasteiger partial charge in [0.1, 0.15) is 0 Å². The molecule has 0 saturated carbocycles. The van der Waals surface area contributed by atoms with Gasteiger partial charge in [0.2, 0.25) is 0 Å². The number of aliphatic hydroxyl groups excluding tert-OH is 1. The molecule has 1 unspecified atom stereocenters. The van der Waals surface area contributed by atoms with Gasteiger partial charge in [0.15, 0.2) is 5.78 Å². The Labute approximate surface area is 61.6 Å². The molecule has 1 N–H and O–H groups in total. The summed E-state index contributed by atoms with van der Waals surface area (Å²) in [5.41, 5.74) is 0.521. The minimum atomic E-state index is -0.496. The Balaban J connectivity index is 3.68. The summed E-state index contributed by atoms with van der Waals surface area (Å²) in [5, 5.41) is 9.02. The molecule has 0 aliphatic rings. The Morgan fingerprint density at radius 3 is 2.50 bits per heavy atom.